The SMILES string of the molecule is NC(=NCCCCCCN=C(N)/N=C(\N)Nc1ccc(Cl)cc1)/N=C(\N)Nc1ccc(Cl)cc1.O=[N+]([O-])[O-]. The van der Waals surface area contributed by atoms with Crippen LogP contribution in [0.5, 0.6) is 0 Å². The first kappa shape index (κ1) is 31.7. The van der Waals surface area contributed by atoms with Crippen LogP contribution in [0.25, 0.3) is 0 Å². The number of nitrogens with two attached hydrogens (primary N) is 4. The average Bonchev–Trinajstić information content (AvgIpc) is 2.83. The molecular weight excluding hydrogens is 537 g/mol. The lowest BCUT2D eigenvalue weighted by atomic mass is 10.2. The predicted octanol–water partition coefficient (Wildman–Crippen LogP) is 3.10. The molecular formula is C22H30Cl2N11O3-. The van der Waals surface area contributed by atoms with Crippen LogP contribution in [0, 0.1) is 15.3 Å². The number of anilines is 2. The van der Waals surface area contributed by atoms with Gasteiger partial charge in [0.25, 0.3) is 0 Å². The van der Waals surface area contributed by atoms with Gasteiger partial charge in [0.1, 0.15) is 0 Å². The molecule has 0 aromatic heterocycles. The summed E-state index contributed by atoms with van der Waals surface area (Å²) in [4.78, 5) is 24.7. The number of unbranched alkanes of at least 4 members (excludes halogenated alkanes) is 3. The lowest BCUT2D eigenvalue weighted by Gasteiger charge is -2.05. The third-order valence-corrected chi connectivity index (χ3v) is 4.82. The quantitative estimate of drug-likeness (QED) is 0.0855. The van der Waals surface area contributed by atoms with E-state index in [-0.39, 0.29) is 23.8 Å². The predicted molar refractivity (Wildman–Crippen MR) is 155 cm³/mol. The largest absolute Gasteiger partial charge is 0.369 e. The fourth-order valence-corrected chi connectivity index (χ4v) is 2.95. The molecule has 10 N–H and O–H groups in total. The van der Waals surface area contributed by atoms with Crippen LogP contribution in [0.15, 0.2) is 68.5 Å². The normalized spacial score (nSPS) is 12.4. The third kappa shape index (κ3) is 16.4. The summed E-state index contributed by atoms with van der Waals surface area (Å²) in [6.45, 7) is 1.12. The minimum Gasteiger partial charge on any atom is -0.369 e. The molecule has 0 unspecified atom stereocenters. The summed E-state index contributed by atoms with van der Waals surface area (Å²) < 4.78 is 0. The molecule has 0 aliphatic carbocycles. The van der Waals surface area contributed by atoms with Crippen molar-refractivity contribution < 1.29 is 5.09 Å². The first-order chi connectivity index (χ1) is 18.0. The maximum atomic E-state index is 8.25. The lowest BCUT2D eigenvalue weighted by Crippen LogP contribution is -2.26. The molecule has 0 saturated carbocycles. The molecule has 0 bridgehead atoms. The first-order valence-electron chi connectivity index (χ1n) is 11.2. The van der Waals surface area contributed by atoms with Crippen molar-refractivity contribution in [1.29, 1.82) is 0 Å². The monoisotopic (exact) mass is 566 g/mol. The first-order valence-corrected chi connectivity index (χ1v) is 12.0. The summed E-state index contributed by atoms with van der Waals surface area (Å²) in [7, 11) is 0. The van der Waals surface area contributed by atoms with E-state index < -0.39 is 5.09 Å². The Morgan fingerprint density at radius 1 is 0.684 bits per heavy atom. The third-order valence-electron chi connectivity index (χ3n) is 4.32. The molecule has 0 fully saturated rings. The van der Waals surface area contributed by atoms with Crippen molar-refractivity contribution in [1.82, 2.24) is 0 Å². The Balaban J connectivity index is 0.00000168. The minimum atomic E-state index is -1.75. The van der Waals surface area contributed by atoms with E-state index in [1.807, 2.05) is 0 Å². The highest BCUT2D eigenvalue weighted by atomic mass is 35.5. The van der Waals surface area contributed by atoms with E-state index in [1.54, 1.807) is 48.5 Å². The Bertz CT molecular complexity index is 1030. The Kier molecular flexibility index (Phi) is 15.0. The van der Waals surface area contributed by atoms with Crippen molar-refractivity contribution in [3.05, 3.63) is 73.9 Å². The van der Waals surface area contributed by atoms with Gasteiger partial charge in [-0.1, -0.05) is 36.0 Å². The van der Waals surface area contributed by atoms with Crippen molar-refractivity contribution >= 4 is 58.4 Å². The average molecular weight is 567 g/mol. The molecule has 2 rings (SSSR count). The lowest BCUT2D eigenvalue weighted by molar-refractivity contribution is -0.402. The van der Waals surface area contributed by atoms with Gasteiger partial charge in [-0.3, -0.25) is 9.98 Å². The van der Waals surface area contributed by atoms with E-state index >= 15 is 0 Å². The molecule has 16 heteroatoms. The van der Waals surface area contributed by atoms with Crippen LogP contribution >= 0.6 is 23.2 Å². The number of hydrogen-bond donors (Lipinski definition) is 6. The van der Waals surface area contributed by atoms with E-state index in [4.69, 9.17) is 61.5 Å². The van der Waals surface area contributed by atoms with Crippen LogP contribution in [0.2, 0.25) is 10.0 Å². The highest BCUT2D eigenvalue weighted by molar-refractivity contribution is 6.31. The molecule has 206 valence electrons. The van der Waals surface area contributed by atoms with Gasteiger partial charge in [-0.05, 0) is 61.4 Å². The van der Waals surface area contributed by atoms with Gasteiger partial charge in [-0.15, -0.1) is 0 Å². The minimum absolute atomic E-state index is 0.124. The second-order valence-corrected chi connectivity index (χ2v) is 8.25. The van der Waals surface area contributed by atoms with Gasteiger partial charge >= 0.3 is 0 Å². The van der Waals surface area contributed by atoms with Gasteiger partial charge in [0.15, 0.2) is 0 Å². The molecule has 0 aliphatic rings. The topological polar surface area (TPSA) is 244 Å². The number of aliphatic imine (C=N–C) groups is 4. The Morgan fingerprint density at radius 3 is 1.32 bits per heavy atom. The number of nitrogens with one attached hydrogen (secondary N) is 2. The maximum absolute atomic E-state index is 8.25. The molecule has 0 aliphatic heterocycles. The summed E-state index contributed by atoms with van der Waals surface area (Å²) in [5.41, 5.74) is 24.8. The highest BCUT2D eigenvalue weighted by Gasteiger charge is 1.99. The van der Waals surface area contributed by atoms with E-state index in [1.165, 1.54) is 0 Å². The van der Waals surface area contributed by atoms with Crippen LogP contribution in [-0.2, 0) is 0 Å². The van der Waals surface area contributed by atoms with Crippen molar-refractivity contribution in [2.24, 2.45) is 42.9 Å². The van der Waals surface area contributed by atoms with Gasteiger partial charge in [-0.2, -0.15) is 9.98 Å². The Hall–Kier alpha value is -4.30. The maximum Gasteiger partial charge on any atom is 0.218 e. The second-order valence-electron chi connectivity index (χ2n) is 7.38. The fourth-order valence-electron chi connectivity index (χ4n) is 2.70. The van der Waals surface area contributed by atoms with Gasteiger partial charge in [0, 0.05) is 34.5 Å². The fraction of sp³-hybridized carbons (Fsp3) is 0.273. The Labute approximate surface area is 229 Å². The summed E-state index contributed by atoms with van der Waals surface area (Å²) >= 11 is 11.7. The second kappa shape index (κ2) is 18.0. The number of benzene rings is 2. The van der Waals surface area contributed by atoms with Gasteiger partial charge in [0.2, 0.25) is 23.8 Å². The van der Waals surface area contributed by atoms with Crippen LogP contribution in [0.1, 0.15) is 25.7 Å². The molecule has 2 aromatic carbocycles. The molecule has 14 nitrogen and oxygen atoms in total. The molecule has 0 amide bonds. The number of rotatable bonds is 9. The van der Waals surface area contributed by atoms with Crippen molar-refractivity contribution in [3.63, 3.8) is 0 Å². The smallest absolute Gasteiger partial charge is 0.218 e. The highest BCUT2D eigenvalue weighted by Crippen LogP contribution is 2.13. The zero-order valence-electron chi connectivity index (χ0n) is 20.4. The van der Waals surface area contributed by atoms with Gasteiger partial charge < -0.3 is 48.9 Å². The summed E-state index contributed by atoms with van der Waals surface area (Å²) in [6.07, 6.45) is 3.68. The van der Waals surface area contributed by atoms with Crippen LogP contribution in [-0.4, -0.2) is 42.0 Å². The van der Waals surface area contributed by atoms with E-state index in [9.17, 15) is 0 Å². The van der Waals surface area contributed by atoms with Crippen molar-refractivity contribution in [2.75, 3.05) is 23.7 Å². The summed E-state index contributed by atoms with van der Waals surface area (Å²) in [6, 6.07) is 14.1. The van der Waals surface area contributed by atoms with Gasteiger partial charge in [-0.25, -0.2) is 0 Å². The Morgan fingerprint density at radius 2 is 1.00 bits per heavy atom. The molecule has 0 heterocycles. The van der Waals surface area contributed by atoms with Gasteiger partial charge in [0.05, 0.1) is 5.09 Å². The van der Waals surface area contributed by atoms with Crippen LogP contribution in [0.4, 0.5) is 11.4 Å². The molecule has 0 spiro atoms. The zero-order valence-corrected chi connectivity index (χ0v) is 21.9. The van der Waals surface area contributed by atoms with E-state index in [0.29, 0.717) is 23.1 Å². The number of guanidine groups is 4. The standard InChI is InChI=1S/C22H30Cl2N10.NO3/c23-15-5-9-17(10-6-15)31-21(27)33-19(25)29-13-3-1-2-4-14-30-20(26)34-22(28)32-18-11-7-16(24)8-12-18;2-1(3)4/h5-12H,1-4,13-14H2,(H5,25,27,29,31,33)(H5,26,28,30,32,34);/q;-1. The van der Waals surface area contributed by atoms with E-state index in [0.717, 1.165) is 37.1 Å². The molecule has 0 atom stereocenters. The zero-order chi connectivity index (χ0) is 28.3. The van der Waals surface area contributed by atoms with Crippen LogP contribution in [0.3, 0.4) is 0 Å². The molecule has 0 saturated heterocycles. The van der Waals surface area contributed by atoms with Crippen molar-refractivity contribution in [2.45, 2.75) is 25.7 Å². The number of halogens is 2. The summed E-state index contributed by atoms with van der Waals surface area (Å²) in [5, 5.41) is 21.9. The van der Waals surface area contributed by atoms with E-state index in [2.05, 4.69) is 30.6 Å². The molecule has 2 aromatic rings. The number of nitrogens with zero attached hydrogens (tertiary/aromatic N) is 5. The van der Waals surface area contributed by atoms with Crippen LogP contribution < -0.4 is 33.6 Å². The van der Waals surface area contributed by atoms with Crippen molar-refractivity contribution in [3.8, 4) is 0 Å². The number of hydrogen-bond acceptors (Lipinski definition) is 5. The molecule has 0 radical (unpaired) electrons. The molecule has 38 heavy (non-hydrogen) atoms. The summed E-state index contributed by atoms with van der Waals surface area (Å²) in [5.74, 6) is 0.564.